The molecule has 0 amide bonds. The number of ether oxygens (including phenoxy) is 1. The number of nitrogens with zero attached hydrogens (tertiary/aromatic N) is 2. The maximum absolute atomic E-state index is 13.2. The van der Waals surface area contributed by atoms with Crippen molar-refractivity contribution >= 4 is 0 Å². The van der Waals surface area contributed by atoms with E-state index in [-0.39, 0.29) is 0 Å². The van der Waals surface area contributed by atoms with Crippen LogP contribution in [0.5, 0.6) is 5.75 Å². The highest BCUT2D eigenvalue weighted by molar-refractivity contribution is 5.55. The Balaban J connectivity index is 2.12. The molecule has 0 spiro atoms. The number of hydrogen-bond donors (Lipinski definition) is 0. The summed E-state index contributed by atoms with van der Waals surface area (Å²) in [5.41, 5.74) is 1.46. The number of aromatic nitrogens is 2. The van der Waals surface area contributed by atoms with Gasteiger partial charge in [-0.15, -0.1) is 0 Å². The summed E-state index contributed by atoms with van der Waals surface area (Å²) in [5, 5.41) is 0. The van der Waals surface area contributed by atoms with Gasteiger partial charge in [0.1, 0.15) is 5.75 Å². The second-order valence-corrected chi connectivity index (χ2v) is 4.69. The first-order valence-electron chi connectivity index (χ1n) is 6.74. The quantitative estimate of drug-likeness (QED) is 0.741. The number of aryl methyl sites for hydroxylation is 1. The molecule has 0 bridgehead atoms. The van der Waals surface area contributed by atoms with Crippen molar-refractivity contribution in [2.24, 2.45) is 0 Å². The van der Waals surface area contributed by atoms with Crippen molar-refractivity contribution in [1.82, 2.24) is 9.97 Å². The summed E-state index contributed by atoms with van der Waals surface area (Å²) in [5.74, 6) is -0.0660. The molecule has 1 unspecified atom stereocenters. The lowest BCUT2D eigenvalue weighted by Crippen LogP contribution is -2.40. The van der Waals surface area contributed by atoms with Crippen LogP contribution in [-0.2, 0) is 6.42 Å². The smallest absolute Gasteiger partial charge is 0.430 e. The van der Waals surface area contributed by atoms with Crippen LogP contribution in [0.25, 0.3) is 11.4 Å². The minimum Gasteiger partial charge on any atom is -0.430 e. The first-order chi connectivity index (χ1) is 10.8. The lowest BCUT2D eigenvalue weighted by atomic mass is 10.2. The average Bonchev–Trinajstić information content (AvgIpc) is 2.54. The normalized spacial score (nSPS) is 13.2. The minimum atomic E-state index is -4.62. The molecule has 8 heteroatoms. The Labute approximate surface area is 129 Å². The van der Waals surface area contributed by atoms with Crippen molar-refractivity contribution in [2.45, 2.75) is 32.1 Å². The Morgan fingerprint density at radius 3 is 2.09 bits per heavy atom. The number of rotatable bonds is 6. The van der Waals surface area contributed by atoms with Crippen LogP contribution < -0.4 is 4.74 Å². The molecule has 0 aliphatic heterocycles. The second kappa shape index (κ2) is 6.89. The van der Waals surface area contributed by atoms with E-state index in [1.54, 1.807) is 12.4 Å². The van der Waals surface area contributed by atoms with Gasteiger partial charge in [-0.05, 0) is 36.2 Å². The first kappa shape index (κ1) is 17.1. The monoisotopic (exact) mass is 332 g/mol. The van der Waals surface area contributed by atoms with Gasteiger partial charge in [0.25, 0.3) is 12.6 Å². The maximum Gasteiger partial charge on any atom is 0.435 e. The van der Waals surface area contributed by atoms with Crippen LogP contribution in [0.2, 0.25) is 0 Å². The van der Waals surface area contributed by atoms with Crippen LogP contribution in [0.4, 0.5) is 22.0 Å². The van der Waals surface area contributed by atoms with Gasteiger partial charge in [0.05, 0.1) is 0 Å². The van der Waals surface area contributed by atoms with E-state index in [0.29, 0.717) is 11.4 Å². The van der Waals surface area contributed by atoms with Gasteiger partial charge in [0.15, 0.2) is 5.82 Å². The molecule has 1 atom stereocenters. The zero-order valence-corrected chi connectivity index (χ0v) is 12.0. The molecular formula is C15H13F5N2O. The van der Waals surface area contributed by atoms with E-state index in [0.717, 1.165) is 24.1 Å². The fourth-order valence-corrected chi connectivity index (χ4v) is 1.72. The molecule has 2 rings (SSSR count). The molecular weight excluding hydrogens is 319 g/mol. The van der Waals surface area contributed by atoms with Crippen LogP contribution in [0.15, 0.2) is 36.7 Å². The molecule has 1 aromatic carbocycles. The molecule has 3 nitrogen and oxygen atoms in total. The van der Waals surface area contributed by atoms with Gasteiger partial charge in [-0.2, -0.15) is 8.78 Å². The molecule has 0 aliphatic carbocycles. The Bertz CT molecular complexity index is 631. The predicted octanol–water partition coefficient (Wildman–Crippen LogP) is 4.28. The summed E-state index contributed by atoms with van der Waals surface area (Å²) in [6, 6.07) is 4.97. The highest BCUT2D eigenvalue weighted by atomic mass is 19.3. The highest BCUT2D eigenvalue weighted by Gasteiger charge is 2.49. The van der Waals surface area contributed by atoms with Gasteiger partial charge in [0.2, 0.25) is 0 Å². The molecule has 1 heterocycles. The topological polar surface area (TPSA) is 35.0 Å². The number of alkyl halides is 5. The Hall–Kier alpha value is -2.25. The molecule has 0 radical (unpaired) electrons. The zero-order chi connectivity index (χ0) is 17.0. The summed E-state index contributed by atoms with van der Waals surface area (Å²) in [6.07, 6.45) is -8.11. The second-order valence-electron chi connectivity index (χ2n) is 4.69. The van der Waals surface area contributed by atoms with Crippen LogP contribution in [0.1, 0.15) is 12.5 Å². The highest BCUT2D eigenvalue weighted by Crippen LogP contribution is 2.30. The van der Waals surface area contributed by atoms with Crippen molar-refractivity contribution in [2.75, 3.05) is 0 Å². The Morgan fingerprint density at radius 2 is 1.61 bits per heavy atom. The van der Waals surface area contributed by atoms with E-state index in [2.05, 4.69) is 14.7 Å². The molecule has 0 saturated heterocycles. The van der Waals surface area contributed by atoms with Crippen molar-refractivity contribution < 1.29 is 26.7 Å². The fourth-order valence-electron chi connectivity index (χ4n) is 1.72. The van der Waals surface area contributed by atoms with Gasteiger partial charge >= 0.3 is 6.11 Å². The minimum absolute atomic E-state index is 0.372. The van der Waals surface area contributed by atoms with Crippen molar-refractivity contribution in [1.29, 1.82) is 0 Å². The maximum atomic E-state index is 13.2. The van der Waals surface area contributed by atoms with Gasteiger partial charge in [0, 0.05) is 18.0 Å². The molecule has 0 aliphatic rings. The van der Waals surface area contributed by atoms with Crippen molar-refractivity contribution in [3.8, 4) is 17.1 Å². The van der Waals surface area contributed by atoms with Crippen LogP contribution >= 0.6 is 0 Å². The Kier molecular flexibility index (Phi) is 5.12. The summed E-state index contributed by atoms with van der Waals surface area (Å²) in [7, 11) is 0. The standard InChI is InChI=1S/C15H13F5N2O/c1-2-9-7-21-14(22-8-9)10-3-5-11(6-4-10)23-15(19,20)12(16)13(17)18/h3-8,12-13H,2H2,1H3. The van der Waals surface area contributed by atoms with E-state index < -0.39 is 24.5 Å². The van der Waals surface area contributed by atoms with Gasteiger partial charge < -0.3 is 4.74 Å². The zero-order valence-electron chi connectivity index (χ0n) is 12.0. The van der Waals surface area contributed by atoms with Crippen molar-refractivity contribution in [3.05, 3.63) is 42.2 Å². The van der Waals surface area contributed by atoms with E-state index in [1.807, 2.05) is 6.92 Å². The van der Waals surface area contributed by atoms with E-state index >= 15 is 0 Å². The molecule has 0 fully saturated rings. The third kappa shape index (κ3) is 4.14. The fraction of sp³-hybridized carbons (Fsp3) is 0.333. The van der Waals surface area contributed by atoms with Crippen LogP contribution in [0.3, 0.4) is 0 Å². The third-order valence-electron chi connectivity index (χ3n) is 3.02. The molecule has 1 aromatic heterocycles. The third-order valence-corrected chi connectivity index (χ3v) is 3.02. The summed E-state index contributed by atoms with van der Waals surface area (Å²) < 4.78 is 67.1. The summed E-state index contributed by atoms with van der Waals surface area (Å²) in [4.78, 5) is 8.23. The Morgan fingerprint density at radius 1 is 1.04 bits per heavy atom. The molecule has 0 N–H and O–H groups in total. The lowest BCUT2D eigenvalue weighted by Gasteiger charge is -2.20. The molecule has 2 aromatic rings. The van der Waals surface area contributed by atoms with Crippen LogP contribution in [-0.4, -0.2) is 28.7 Å². The summed E-state index contributed by atoms with van der Waals surface area (Å²) >= 11 is 0. The SMILES string of the molecule is CCc1cnc(-c2ccc(OC(F)(F)C(F)C(F)F)cc2)nc1. The van der Waals surface area contributed by atoms with E-state index in [4.69, 9.17) is 0 Å². The van der Waals surface area contributed by atoms with Crippen LogP contribution in [0, 0.1) is 0 Å². The van der Waals surface area contributed by atoms with E-state index in [9.17, 15) is 22.0 Å². The molecule has 0 saturated carbocycles. The number of hydrogen-bond acceptors (Lipinski definition) is 3. The van der Waals surface area contributed by atoms with Gasteiger partial charge in [-0.3, -0.25) is 0 Å². The number of benzene rings is 1. The molecule has 124 valence electrons. The van der Waals surface area contributed by atoms with Gasteiger partial charge in [-0.1, -0.05) is 6.92 Å². The van der Waals surface area contributed by atoms with Crippen molar-refractivity contribution in [3.63, 3.8) is 0 Å². The average molecular weight is 332 g/mol. The lowest BCUT2D eigenvalue weighted by molar-refractivity contribution is -0.244. The van der Waals surface area contributed by atoms with E-state index in [1.165, 1.54) is 12.1 Å². The first-order valence-corrected chi connectivity index (χ1v) is 6.74. The van der Waals surface area contributed by atoms with Gasteiger partial charge in [-0.25, -0.2) is 23.1 Å². The number of halogens is 5. The largest absolute Gasteiger partial charge is 0.435 e. The summed E-state index contributed by atoms with van der Waals surface area (Å²) in [6.45, 7) is 1.95. The molecule has 23 heavy (non-hydrogen) atoms. The predicted molar refractivity (Wildman–Crippen MR) is 73.3 cm³/mol.